The molecule has 1 saturated carbocycles. The largest absolute Gasteiger partial charge is 0.389 e. The molecule has 1 saturated heterocycles. The summed E-state index contributed by atoms with van der Waals surface area (Å²) >= 11 is 3.34. The van der Waals surface area contributed by atoms with Crippen LogP contribution in [0.25, 0.3) is 10.9 Å². The molecule has 1 aliphatic heterocycles. The van der Waals surface area contributed by atoms with Crippen molar-refractivity contribution in [3.8, 4) is 0 Å². The van der Waals surface area contributed by atoms with E-state index in [0.29, 0.717) is 35.3 Å². The second kappa shape index (κ2) is 9.48. The molecule has 192 valence electrons. The van der Waals surface area contributed by atoms with Gasteiger partial charge in [-0.15, -0.1) is 0 Å². The Balaban J connectivity index is 1.36. The van der Waals surface area contributed by atoms with E-state index in [1.165, 1.54) is 6.08 Å². The number of aromatic nitrogens is 2. The fourth-order valence-electron chi connectivity index (χ4n) is 5.33. The first-order valence-electron chi connectivity index (χ1n) is 12.3. The molecule has 1 aromatic carbocycles. The van der Waals surface area contributed by atoms with E-state index in [1.54, 1.807) is 29.3 Å². The number of amides is 1. The summed E-state index contributed by atoms with van der Waals surface area (Å²) in [5.41, 5.74) is -0.0753. The van der Waals surface area contributed by atoms with Crippen LogP contribution in [0.3, 0.4) is 0 Å². The number of halogens is 2. The van der Waals surface area contributed by atoms with Crippen molar-refractivity contribution in [3.63, 3.8) is 0 Å². The van der Waals surface area contributed by atoms with Gasteiger partial charge in [0.05, 0.1) is 47.4 Å². The van der Waals surface area contributed by atoms with Gasteiger partial charge >= 0.3 is 0 Å². The van der Waals surface area contributed by atoms with Crippen molar-refractivity contribution in [2.45, 2.75) is 69.2 Å². The van der Waals surface area contributed by atoms with Gasteiger partial charge in [-0.25, -0.2) is 4.39 Å². The number of benzene rings is 1. The van der Waals surface area contributed by atoms with Crippen LogP contribution in [0.5, 0.6) is 0 Å². The van der Waals surface area contributed by atoms with Gasteiger partial charge in [0.1, 0.15) is 11.4 Å². The number of fused-ring (bicyclic) bond motifs is 1. The van der Waals surface area contributed by atoms with E-state index in [0.717, 1.165) is 29.1 Å². The lowest BCUT2D eigenvalue weighted by Gasteiger charge is -2.51. The van der Waals surface area contributed by atoms with Gasteiger partial charge in [0.25, 0.3) is 5.91 Å². The summed E-state index contributed by atoms with van der Waals surface area (Å²) in [6.07, 6.45) is 6.63. The zero-order chi connectivity index (χ0) is 25.7. The molecule has 10 heteroatoms. The number of allylic oxidation sites excluding steroid dienone is 4. The smallest absolute Gasteiger partial charge is 0.256 e. The third kappa shape index (κ3) is 4.79. The van der Waals surface area contributed by atoms with E-state index in [9.17, 15) is 19.4 Å². The summed E-state index contributed by atoms with van der Waals surface area (Å²) in [5, 5.41) is 37.1. The molecule has 2 unspecified atom stereocenters. The summed E-state index contributed by atoms with van der Waals surface area (Å²) in [6, 6.07) is 4.83. The Hall–Kier alpha value is -2.40. The Morgan fingerprint density at radius 3 is 2.78 bits per heavy atom. The maximum absolute atomic E-state index is 14.6. The van der Waals surface area contributed by atoms with Gasteiger partial charge in [0, 0.05) is 17.5 Å². The molecule has 0 spiro atoms. The summed E-state index contributed by atoms with van der Waals surface area (Å²) in [4.78, 5) is 15.2. The van der Waals surface area contributed by atoms with E-state index in [2.05, 4.69) is 36.8 Å². The molecule has 3 aliphatic rings. The third-order valence-electron chi connectivity index (χ3n) is 7.75. The van der Waals surface area contributed by atoms with Crippen molar-refractivity contribution in [2.24, 2.45) is 0 Å². The lowest BCUT2D eigenvalue weighted by Crippen LogP contribution is -2.72. The lowest BCUT2D eigenvalue weighted by molar-refractivity contribution is -0.106. The highest BCUT2D eigenvalue weighted by molar-refractivity contribution is 9.11. The second-order valence-corrected chi connectivity index (χ2v) is 11.5. The zero-order valence-corrected chi connectivity index (χ0v) is 22.0. The number of nitrogens with zero attached hydrogens (tertiary/aromatic N) is 3. The number of aliphatic hydroxyl groups is 2. The van der Waals surface area contributed by atoms with Crippen molar-refractivity contribution in [2.75, 3.05) is 18.4 Å². The van der Waals surface area contributed by atoms with E-state index < -0.39 is 11.2 Å². The first kappa shape index (κ1) is 25.3. The van der Waals surface area contributed by atoms with Crippen molar-refractivity contribution in [1.82, 2.24) is 20.4 Å². The molecule has 36 heavy (non-hydrogen) atoms. The van der Waals surface area contributed by atoms with E-state index in [1.807, 2.05) is 13.8 Å². The van der Waals surface area contributed by atoms with E-state index >= 15 is 0 Å². The number of likely N-dealkylation sites (tertiary alicyclic amines) is 1. The highest BCUT2D eigenvalue weighted by Gasteiger charge is 2.50. The fourth-order valence-corrected chi connectivity index (χ4v) is 5.73. The molecule has 2 fully saturated rings. The Morgan fingerprint density at radius 1 is 1.31 bits per heavy atom. The van der Waals surface area contributed by atoms with Crippen molar-refractivity contribution in [1.29, 1.82) is 0 Å². The van der Waals surface area contributed by atoms with Gasteiger partial charge in [0.2, 0.25) is 0 Å². The second-order valence-electron chi connectivity index (χ2n) is 10.5. The molecule has 2 aromatic rings. The maximum Gasteiger partial charge on any atom is 0.256 e. The number of nitrogens with one attached hydrogen (secondary N) is 2. The molecule has 2 aliphatic carbocycles. The Kier molecular flexibility index (Phi) is 6.65. The Morgan fingerprint density at radius 2 is 2.08 bits per heavy atom. The van der Waals surface area contributed by atoms with E-state index in [-0.39, 0.29) is 36.9 Å². The fraction of sp³-hybridized carbons (Fsp3) is 0.500. The minimum absolute atomic E-state index is 0.0913. The van der Waals surface area contributed by atoms with Crippen molar-refractivity contribution < 1.29 is 19.4 Å². The third-order valence-corrected chi connectivity index (χ3v) is 8.38. The molecular formula is C26H31BrFN5O3. The number of anilines is 1. The lowest BCUT2D eigenvalue weighted by atomic mass is 9.85. The zero-order valence-electron chi connectivity index (χ0n) is 20.4. The maximum atomic E-state index is 14.6. The van der Waals surface area contributed by atoms with Crippen LogP contribution in [-0.2, 0) is 0 Å². The standard InChI is InChI=1S/C26H31BrFN5O3/c1-15(30-23-4-3-8-25(23,2)35)26(36)13-33(14-26)24(34)18-10-16-7-9-29-32-21(16)12-22(18)31-20-6-5-17(27)11-19(20)28/h7,9-12,15,23,30-31,35-36H,3-6,8,13-14H2,1-2H3/t15-,23?,25?/m0/s1. The van der Waals surface area contributed by atoms with Gasteiger partial charge in [-0.2, -0.15) is 10.2 Å². The number of carbonyl (C=O) groups is 1. The molecule has 1 aromatic heterocycles. The molecule has 0 radical (unpaired) electrons. The van der Waals surface area contributed by atoms with Crippen LogP contribution in [0.2, 0.25) is 0 Å². The monoisotopic (exact) mass is 559 g/mol. The van der Waals surface area contributed by atoms with Crippen LogP contribution in [-0.4, -0.2) is 67.6 Å². The Bertz CT molecular complexity index is 1260. The summed E-state index contributed by atoms with van der Waals surface area (Å²) in [6.45, 7) is 4.03. The number of hydrogen-bond acceptors (Lipinski definition) is 7. The average molecular weight is 560 g/mol. The first-order valence-corrected chi connectivity index (χ1v) is 13.1. The van der Waals surface area contributed by atoms with Gasteiger partial charge < -0.3 is 25.7 Å². The van der Waals surface area contributed by atoms with Gasteiger partial charge in [-0.3, -0.25) is 4.79 Å². The minimum Gasteiger partial charge on any atom is -0.389 e. The highest BCUT2D eigenvalue weighted by Crippen LogP contribution is 2.35. The number of β-amino-alcohol motifs (C(OH)–C–C–N with tert-alkyl or cyclic N) is 1. The number of carbonyl (C=O) groups excluding carboxylic acids is 1. The molecule has 0 bridgehead atoms. The first-order chi connectivity index (χ1) is 17.1. The molecule has 8 nitrogen and oxygen atoms in total. The van der Waals surface area contributed by atoms with Crippen LogP contribution < -0.4 is 10.6 Å². The Labute approximate surface area is 217 Å². The molecule has 1 amide bonds. The normalized spacial score (nSPS) is 26.6. The predicted molar refractivity (Wildman–Crippen MR) is 139 cm³/mol. The molecular weight excluding hydrogens is 529 g/mol. The van der Waals surface area contributed by atoms with Crippen LogP contribution in [0.4, 0.5) is 10.1 Å². The molecule has 2 heterocycles. The number of rotatable bonds is 6. The summed E-state index contributed by atoms with van der Waals surface area (Å²) in [5.74, 6) is -0.638. The highest BCUT2D eigenvalue weighted by atomic mass is 79.9. The minimum atomic E-state index is -1.10. The van der Waals surface area contributed by atoms with Gasteiger partial charge in [-0.1, -0.05) is 15.9 Å². The van der Waals surface area contributed by atoms with Crippen LogP contribution in [0.15, 0.2) is 46.5 Å². The van der Waals surface area contributed by atoms with Crippen LogP contribution >= 0.6 is 15.9 Å². The molecule has 4 N–H and O–H groups in total. The summed E-state index contributed by atoms with van der Waals surface area (Å²) in [7, 11) is 0. The predicted octanol–water partition coefficient (Wildman–Crippen LogP) is 3.76. The molecule has 5 rings (SSSR count). The van der Waals surface area contributed by atoms with Crippen LogP contribution in [0.1, 0.15) is 56.3 Å². The van der Waals surface area contributed by atoms with E-state index in [4.69, 9.17) is 0 Å². The van der Waals surface area contributed by atoms with Crippen LogP contribution in [0, 0.1) is 0 Å². The molecule has 3 atom stereocenters. The van der Waals surface area contributed by atoms with Gasteiger partial charge in [0.15, 0.2) is 0 Å². The average Bonchev–Trinajstić information content (AvgIpc) is 3.15. The topological polar surface area (TPSA) is 111 Å². The SMILES string of the molecule is C[C@H](NC1CCCC1(C)O)C1(O)CN(C(=O)c2cc3ccnnc3cc2NC2=C(F)C=C(Br)CC2)C1. The van der Waals surface area contributed by atoms with Gasteiger partial charge in [-0.05, 0) is 74.7 Å². The van der Waals surface area contributed by atoms with Crippen molar-refractivity contribution >= 4 is 38.4 Å². The number of hydrogen-bond donors (Lipinski definition) is 4. The summed E-state index contributed by atoms with van der Waals surface area (Å²) < 4.78 is 15.4. The van der Waals surface area contributed by atoms with Crippen molar-refractivity contribution in [3.05, 3.63) is 52.0 Å². The quantitative estimate of drug-likeness (QED) is 0.426.